The van der Waals surface area contributed by atoms with Gasteiger partial charge in [0.25, 0.3) is 0 Å². The van der Waals surface area contributed by atoms with E-state index < -0.39 is 10.0 Å². The van der Waals surface area contributed by atoms with Gasteiger partial charge in [-0.25, -0.2) is 13.4 Å². The van der Waals surface area contributed by atoms with Crippen LogP contribution < -0.4 is 4.72 Å². The summed E-state index contributed by atoms with van der Waals surface area (Å²) in [5.41, 5.74) is 0. The summed E-state index contributed by atoms with van der Waals surface area (Å²) in [5.74, 6) is 0.880. The molecule has 0 aromatic carbocycles. The number of anilines is 1. The maximum absolute atomic E-state index is 12.0. The van der Waals surface area contributed by atoms with E-state index in [0.29, 0.717) is 11.7 Å². The van der Waals surface area contributed by atoms with Crippen molar-refractivity contribution in [3.8, 4) is 0 Å². The van der Waals surface area contributed by atoms with Crippen molar-refractivity contribution in [3.05, 3.63) is 22.8 Å². The van der Waals surface area contributed by atoms with Gasteiger partial charge in [0.15, 0.2) is 0 Å². The van der Waals surface area contributed by atoms with Gasteiger partial charge in [-0.1, -0.05) is 35.2 Å². The van der Waals surface area contributed by atoms with Crippen LogP contribution in [0.5, 0.6) is 0 Å². The molecule has 0 saturated heterocycles. The molecule has 1 heterocycles. The van der Waals surface area contributed by atoms with Gasteiger partial charge in [0, 0.05) is 10.7 Å². The minimum atomic E-state index is -3.28. The maximum Gasteiger partial charge on any atom is 0.234 e. The molecule has 1 aromatic heterocycles. The molecule has 2 rings (SSSR count). The molecule has 1 aliphatic rings. The van der Waals surface area contributed by atoms with E-state index in [4.69, 9.17) is 0 Å². The minimum Gasteiger partial charge on any atom is -0.267 e. The number of halogens is 1. The third-order valence-corrected chi connectivity index (χ3v) is 5.09. The highest BCUT2D eigenvalue weighted by Gasteiger charge is 2.21. The highest BCUT2D eigenvalue weighted by atomic mass is 79.9. The lowest BCUT2D eigenvalue weighted by molar-refractivity contribution is 0.385. The lowest BCUT2D eigenvalue weighted by atomic mass is 9.91. The van der Waals surface area contributed by atoms with Crippen molar-refractivity contribution < 1.29 is 8.42 Å². The average molecular weight is 333 g/mol. The second kappa shape index (κ2) is 6.02. The molecule has 0 radical (unpaired) electrons. The first-order valence-electron chi connectivity index (χ1n) is 6.17. The molecular weight excluding hydrogens is 316 g/mol. The van der Waals surface area contributed by atoms with E-state index in [-0.39, 0.29) is 5.75 Å². The van der Waals surface area contributed by atoms with Gasteiger partial charge < -0.3 is 0 Å². The fourth-order valence-corrected chi connectivity index (χ4v) is 4.13. The van der Waals surface area contributed by atoms with Crippen LogP contribution in [0.3, 0.4) is 0 Å². The van der Waals surface area contributed by atoms with Crippen LogP contribution in [-0.4, -0.2) is 19.2 Å². The number of hydrogen-bond acceptors (Lipinski definition) is 3. The molecule has 1 N–H and O–H groups in total. The molecule has 100 valence electrons. The molecule has 0 unspecified atom stereocenters. The van der Waals surface area contributed by atoms with Crippen LogP contribution in [0.25, 0.3) is 0 Å². The predicted molar refractivity (Wildman–Crippen MR) is 75.9 cm³/mol. The first kappa shape index (κ1) is 13.8. The molecule has 1 aromatic rings. The normalized spacial score (nSPS) is 17.6. The van der Waals surface area contributed by atoms with E-state index in [0.717, 1.165) is 30.2 Å². The van der Waals surface area contributed by atoms with Crippen LogP contribution >= 0.6 is 15.9 Å². The number of sulfonamides is 1. The first-order valence-corrected chi connectivity index (χ1v) is 8.62. The van der Waals surface area contributed by atoms with E-state index in [1.54, 1.807) is 18.3 Å². The lowest BCUT2D eigenvalue weighted by Crippen LogP contribution is -2.24. The zero-order valence-corrected chi connectivity index (χ0v) is 12.5. The molecular formula is C12H17BrN2O2S. The fraction of sp³-hybridized carbons (Fsp3) is 0.583. The van der Waals surface area contributed by atoms with E-state index >= 15 is 0 Å². The third-order valence-electron chi connectivity index (χ3n) is 3.16. The van der Waals surface area contributed by atoms with Crippen molar-refractivity contribution in [3.63, 3.8) is 0 Å². The molecule has 0 aliphatic heterocycles. The number of rotatable bonds is 4. The Labute approximate surface area is 116 Å². The molecule has 1 saturated carbocycles. The van der Waals surface area contributed by atoms with Crippen LogP contribution in [0.15, 0.2) is 22.8 Å². The zero-order valence-electron chi connectivity index (χ0n) is 10.1. The molecule has 0 amide bonds. The number of pyridine rings is 1. The van der Waals surface area contributed by atoms with Crippen LogP contribution in [0.4, 0.5) is 5.82 Å². The average Bonchev–Trinajstić information content (AvgIpc) is 2.28. The quantitative estimate of drug-likeness (QED) is 0.921. The second-order valence-electron chi connectivity index (χ2n) is 4.75. The van der Waals surface area contributed by atoms with Crippen molar-refractivity contribution in [2.24, 2.45) is 5.92 Å². The van der Waals surface area contributed by atoms with Crippen molar-refractivity contribution >= 4 is 31.8 Å². The highest BCUT2D eigenvalue weighted by Crippen LogP contribution is 2.25. The summed E-state index contributed by atoms with van der Waals surface area (Å²) in [4.78, 5) is 4.00. The Hall–Kier alpha value is -0.620. The summed E-state index contributed by atoms with van der Waals surface area (Å²) in [6, 6.07) is 3.43. The number of aromatic nitrogens is 1. The summed E-state index contributed by atoms with van der Waals surface area (Å²) in [7, 11) is -3.28. The summed E-state index contributed by atoms with van der Waals surface area (Å²) in [5, 5.41) is 0. The van der Waals surface area contributed by atoms with E-state index in [2.05, 4.69) is 25.6 Å². The highest BCUT2D eigenvalue weighted by molar-refractivity contribution is 9.10. The number of nitrogens with one attached hydrogen (secondary N) is 1. The van der Waals surface area contributed by atoms with Gasteiger partial charge in [-0.3, -0.25) is 4.72 Å². The molecule has 4 nitrogen and oxygen atoms in total. The standard InChI is InChI=1S/C12H17BrN2O2S/c13-11-6-7-14-12(8-11)15-18(16,17)9-10-4-2-1-3-5-10/h6-8,10H,1-5,9H2,(H,14,15). The monoisotopic (exact) mass is 332 g/mol. The largest absolute Gasteiger partial charge is 0.267 e. The topological polar surface area (TPSA) is 59.1 Å². The molecule has 1 aliphatic carbocycles. The third kappa shape index (κ3) is 4.24. The number of nitrogens with zero attached hydrogens (tertiary/aromatic N) is 1. The Morgan fingerprint density at radius 2 is 2.06 bits per heavy atom. The zero-order chi connectivity index (χ0) is 13.0. The van der Waals surface area contributed by atoms with Crippen molar-refractivity contribution in [1.29, 1.82) is 0 Å². The number of hydrogen-bond donors (Lipinski definition) is 1. The molecule has 0 spiro atoms. The Balaban J connectivity index is 1.98. The van der Waals surface area contributed by atoms with E-state index in [1.807, 2.05) is 0 Å². The van der Waals surface area contributed by atoms with Gasteiger partial charge in [-0.15, -0.1) is 0 Å². The minimum absolute atomic E-state index is 0.210. The summed E-state index contributed by atoms with van der Waals surface area (Å²) < 4.78 is 27.4. The molecule has 18 heavy (non-hydrogen) atoms. The van der Waals surface area contributed by atoms with Crippen LogP contribution in [-0.2, 0) is 10.0 Å². The summed E-state index contributed by atoms with van der Waals surface area (Å²) in [6.07, 6.45) is 7.14. The predicted octanol–water partition coefficient (Wildman–Crippen LogP) is 3.17. The van der Waals surface area contributed by atoms with Gasteiger partial charge in [0.1, 0.15) is 5.82 Å². The first-order chi connectivity index (χ1) is 8.55. The molecule has 1 fully saturated rings. The molecule has 0 atom stereocenters. The lowest BCUT2D eigenvalue weighted by Gasteiger charge is -2.21. The van der Waals surface area contributed by atoms with Crippen molar-refractivity contribution in [2.75, 3.05) is 10.5 Å². The Bertz CT molecular complexity index is 499. The Morgan fingerprint density at radius 1 is 1.33 bits per heavy atom. The maximum atomic E-state index is 12.0. The van der Waals surface area contributed by atoms with E-state index in [1.165, 1.54) is 6.42 Å². The molecule has 0 bridgehead atoms. The smallest absolute Gasteiger partial charge is 0.234 e. The van der Waals surface area contributed by atoms with Gasteiger partial charge in [-0.2, -0.15) is 0 Å². The SMILES string of the molecule is O=S(=O)(CC1CCCCC1)Nc1cc(Br)ccn1. The Morgan fingerprint density at radius 3 is 2.72 bits per heavy atom. The van der Waals surface area contributed by atoms with Gasteiger partial charge in [0.2, 0.25) is 10.0 Å². The van der Waals surface area contributed by atoms with Crippen LogP contribution in [0.2, 0.25) is 0 Å². The van der Waals surface area contributed by atoms with Crippen molar-refractivity contribution in [2.45, 2.75) is 32.1 Å². The summed E-state index contributed by atoms with van der Waals surface area (Å²) in [6.45, 7) is 0. The Kier molecular flexibility index (Phi) is 4.61. The van der Waals surface area contributed by atoms with Gasteiger partial charge in [0.05, 0.1) is 5.75 Å². The van der Waals surface area contributed by atoms with Crippen LogP contribution in [0.1, 0.15) is 32.1 Å². The van der Waals surface area contributed by atoms with Crippen molar-refractivity contribution in [1.82, 2.24) is 4.98 Å². The second-order valence-corrected chi connectivity index (χ2v) is 7.43. The van der Waals surface area contributed by atoms with E-state index in [9.17, 15) is 8.42 Å². The van der Waals surface area contributed by atoms with Gasteiger partial charge in [-0.05, 0) is 30.9 Å². The molecule has 6 heteroatoms. The van der Waals surface area contributed by atoms with Gasteiger partial charge >= 0.3 is 0 Å². The van der Waals surface area contributed by atoms with Crippen LogP contribution in [0, 0.1) is 5.92 Å². The fourth-order valence-electron chi connectivity index (χ4n) is 2.33. The summed E-state index contributed by atoms with van der Waals surface area (Å²) >= 11 is 3.29.